The Balaban J connectivity index is 2.30. The van der Waals surface area contributed by atoms with Crippen molar-refractivity contribution < 1.29 is 18.7 Å². The molecule has 0 saturated carbocycles. The lowest BCUT2D eigenvalue weighted by Crippen LogP contribution is -2.33. The van der Waals surface area contributed by atoms with Crippen molar-refractivity contribution in [1.29, 1.82) is 0 Å². The molecule has 1 heterocycles. The molecule has 1 aromatic rings. The number of carboxylic acid groups (broad SMARTS) is 1. The van der Waals surface area contributed by atoms with Gasteiger partial charge in [-0.2, -0.15) is 0 Å². The SMILES string of the molecule is O=C(O)c1ccc2c(c1)CCCN2CC(F)F. The van der Waals surface area contributed by atoms with E-state index in [0.29, 0.717) is 6.54 Å². The summed E-state index contributed by atoms with van der Waals surface area (Å²) in [7, 11) is 0. The number of anilines is 1. The van der Waals surface area contributed by atoms with Crippen LogP contribution in [0.3, 0.4) is 0 Å². The van der Waals surface area contributed by atoms with Gasteiger partial charge in [0.1, 0.15) is 0 Å². The van der Waals surface area contributed by atoms with E-state index in [-0.39, 0.29) is 12.1 Å². The van der Waals surface area contributed by atoms with Crippen molar-refractivity contribution in [3.63, 3.8) is 0 Å². The maximum Gasteiger partial charge on any atom is 0.335 e. The van der Waals surface area contributed by atoms with Crippen molar-refractivity contribution in [2.75, 3.05) is 18.0 Å². The Hall–Kier alpha value is -1.65. The minimum Gasteiger partial charge on any atom is -0.478 e. The van der Waals surface area contributed by atoms with Gasteiger partial charge in [-0.05, 0) is 36.6 Å². The summed E-state index contributed by atoms with van der Waals surface area (Å²) in [6.45, 7) is 0.309. The van der Waals surface area contributed by atoms with Crippen LogP contribution in [-0.4, -0.2) is 30.6 Å². The van der Waals surface area contributed by atoms with Gasteiger partial charge in [0.05, 0.1) is 12.1 Å². The maximum atomic E-state index is 12.4. The quantitative estimate of drug-likeness (QED) is 0.883. The number of fused-ring (bicyclic) bond motifs is 1. The van der Waals surface area contributed by atoms with E-state index in [1.165, 1.54) is 6.07 Å². The lowest BCUT2D eigenvalue weighted by molar-refractivity contribution is 0.0696. The molecular formula is C12H13F2NO2. The van der Waals surface area contributed by atoms with Crippen LogP contribution in [0.2, 0.25) is 0 Å². The summed E-state index contributed by atoms with van der Waals surface area (Å²) < 4.78 is 24.8. The van der Waals surface area contributed by atoms with Crippen molar-refractivity contribution in [1.82, 2.24) is 0 Å². The van der Waals surface area contributed by atoms with Crippen molar-refractivity contribution >= 4 is 11.7 Å². The number of hydrogen-bond acceptors (Lipinski definition) is 2. The van der Waals surface area contributed by atoms with Gasteiger partial charge in [-0.15, -0.1) is 0 Å². The standard InChI is InChI=1S/C12H13F2NO2/c13-11(14)7-15-5-1-2-8-6-9(12(16)17)3-4-10(8)15/h3-4,6,11H,1-2,5,7H2,(H,16,17). The first-order valence-electron chi connectivity index (χ1n) is 5.47. The Morgan fingerprint density at radius 3 is 2.88 bits per heavy atom. The first kappa shape index (κ1) is 11.8. The predicted molar refractivity (Wildman–Crippen MR) is 59.9 cm³/mol. The average Bonchev–Trinajstić information content (AvgIpc) is 2.28. The molecule has 0 unspecified atom stereocenters. The lowest BCUT2D eigenvalue weighted by atomic mass is 9.99. The molecule has 0 fully saturated rings. The number of aromatic carboxylic acids is 1. The van der Waals surface area contributed by atoms with E-state index < -0.39 is 12.4 Å². The fourth-order valence-electron chi connectivity index (χ4n) is 2.16. The topological polar surface area (TPSA) is 40.5 Å². The molecule has 1 aromatic carbocycles. The highest BCUT2D eigenvalue weighted by atomic mass is 19.3. The Morgan fingerprint density at radius 1 is 1.47 bits per heavy atom. The second-order valence-electron chi connectivity index (χ2n) is 4.09. The largest absolute Gasteiger partial charge is 0.478 e. The van der Waals surface area contributed by atoms with Gasteiger partial charge in [0.25, 0.3) is 6.43 Å². The van der Waals surface area contributed by atoms with Crippen molar-refractivity contribution in [3.8, 4) is 0 Å². The number of carboxylic acids is 1. The van der Waals surface area contributed by atoms with Gasteiger partial charge < -0.3 is 10.0 Å². The Kier molecular flexibility index (Phi) is 3.26. The molecule has 1 N–H and O–H groups in total. The Bertz CT molecular complexity index is 435. The summed E-state index contributed by atoms with van der Waals surface area (Å²) in [5.41, 5.74) is 1.79. The molecule has 0 radical (unpaired) electrons. The van der Waals surface area contributed by atoms with Crippen molar-refractivity contribution in [3.05, 3.63) is 29.3 Å². The second kappa shape index (κ2) is 4.69. The fraction of sp³-hybridized carbons (Fsp3) is 0.417. The third-order valence-electron chi connectivity index (χ3n) is 2.90. The molecule has 0 saturated heterocycles. The minimum atomic E-state index is -2.37. The van der Waals surface area contributed by atoms with Crippen molar-refractivity contribution in [2.45, 2.75) is 19.3 Å². The van der Waals surface area contributed by atoms with E-state index >= 15 is 0 Å². The van der Waals surface area contributed by atoms with Crippen LogP contribution >= 0.6 is 0 Å². The minimum absolute atomic E-state index is 0.211. The number of aryl methyl sites for hydroxylation is 1. The van der Waals surface area contributed by atoms with Crippen LogP contribution in [0, 0.1) is 0 Å². The summed E-state index contributed by atoms with van der Waals surface area (Å²) in [5, 5.41) is 8.86. The van der Waals surface area contributed by atoms with Gasteiger partial charge in [-0.1, -0.05) is 0 Å². The van der Waals surface area contributed by atoms with E-state index in [1.807, 2.05) is 0 Å². The van der Waals surface area contributed by atoms with E-state index in [9.17, 15) is 13.6 Å². The third kappa shape index (κ3) is 2.54. The number of alkyl halides is 2. The molecule has 1 aliphatic heterocycles. The summed E-state index contributed by atoms with van der Waals surface area (Å²) >= 11 is 0. The molecule has 0 amide bonds. The molecule has 2 rings (SSSR count). The van der Waals surface area contributed by atoms with E-state index in [2.05, 4.69) is 0 Å². The molecule has 0 aliphatic carbocycles. The molecule has 92 valence electrons. The van der Waals surface area contributed by atoms with Crippen LogP contribution < -0.4 is 4.90 Å². The van der Waals surface area contributed by atoms with E-state index in [0.717, 1.165) is 24.1 Å². The van der Waals surface area contributed by atoms with Gasteiger partial charge in [0.15, 0.2) is 0 Å². The number of nitrogens with zero attached hydrogens (tertiary/aromatic N) is 1. The van der Waals surface area contributed by atoms with Crippen LogP contribution in [0.15, 0.2) is 18.2 Å². The van der Waals surface area contributed by atoms with Crippen LogP contribution in [0.4, 0.5) is 14.5 Å². The highest BCUT2D eigenvalue weighted by Crippen LogP contribution is 2.28. The normalized spacial score (nSPS) is 14.9. The summed E-state index contributed by atoms with van der Waals surface area (Å²) in [5.74, 6) is -0.987. The number of rotatable bonds is 3. The van der Waals surface area contributed by atoms with Gasteiger partial charge >= 0.3 is 5.97 Å². The van der Waals surface area contributed by atoms with Crippen LogP contribution in [0.1, 0.15) is 22.3 Å². The molecule has 5 heteroatoms. The molecule has 3 nitrogen and oxygen atoms in total. The van der Waals surface area contributed by atoms with Gasteiger partial charge in [0, 0.05) is 12.2 Å². The fourth-order valence-corrected chi connectivity index (χ4v) is 2.16. The molecule has 17 heavy (non-hydrogen) atoms. The highest BCUT2D eigenvalue weighted by Gasteiger charge is 2.20. The third-order valence-corrected chi connectivity index (χ3v) is 2.90. The van der Waals surface area contributed by atoms with E-state index in [1.54, 1.807) is 17.0 Å². The van der Waals surface area contributed by atoms with E-state index in [4.69, 9.17) is 5.11 Å². The Labute approximate surface area is 97.7 Å². The van der Waals surface area contributed by atoms with Crippen LogP contribution in [-0.2, 0) is 6.42 Å². The zero-order valence-corrected chi connectivity index (χ0v) is 9.20. The highest BCUT2D eigenvalue weighted by molar-refractivity contribution is 5.88. The number of halogens is 2. The average molecular weight is 241 g/mol. The zero-order chi connectivity index (χ0) is 12.4. The molecule has 0 aromatic heterocycles. The predicted octanol–water partition coefficient (Wildman–Crippen LogP) is 2.40. The van der Waals surface area contributed by atoms with Crippen LogP contribution in [0.25, 0.3) is 0 Å². The maximum absolute atomic E-state index is 12.4. The summed E-state index contributed by atoms with van der Waals surface area (Å²) in [6, 6.07) is 4.67. The zero-order valence-electron chi connectivity index (χ0n) is 9.20. The summed E-state index contributed by atoms with van der Waals surface area (Å²) in [6.07, 6.45) is -0.848. The smallest absolute Gasteiger partial charge is 0.335 e. The molecule has 0 bridgehead atoms. The number of hydrogen-bond donors (Lipinski definition) is 1. The Morgan fingerprint density at radius 2 is 2.24 bits per heavy atom. The molecule has 1 aliphatic rings. The first-order valence-corrected chi connectivity index (χ1v) is 5.47. The van der Waals surface area contributed by atoms with Crippen molar-refractivity contribution in [2.24, 2.45) is 0 Å². The van der Waals surface area contributed by atoms with Gasteiger partial charge in [-0.3, -0.25) is 0 Å². The number of benzene rings is 1. The molecule has 0 spiro atoms. The molecule has 0 atom stereocenters. The van der Waals surface area contributed by atoms with Gasteiger partial charge in [-0.25, -0.2) is 13.6 Å². The summed E-state index contributed by atoms with van der Waals surface area (Å²) in [4.78, 5) is 12.4. The monoisotopic (exact) mass is 241 g/mol. The van der Waals surface area contributed by atoms with Gasteiger partial charge in [0.2, 0.25) is 0 Å². The first-order chi connectivity index (χ1) is 8.08. The number of carbonyl (C=O) groups is 1. The van der Waals surface area contributed by atoms with Crippen LogP contribution in [0.5, 0.6) is 0 Å². The molecular weight excluding hydrogens is 228 g/mol. The lowest BCUT2D eigenvalue weighted by Gasteiger charge is -2.31. The second-order valence-corrected chi connectivity index (χ2v) is 4.09.